The number of alkyl halides is 3. The second-order valence-electron chi connectivity index (χ2n) is 5.33. The lowest BCUT2D eigenvalue weighted by atomic mass is 10.1. The first-order valence-corrected chi connectivity index (χ1v) is 7.56. The van der Waals surface area contributed by atoms with E-state index < -0.39 is 35.7 Å². The van der Waals surface area contributed by atoms with Crippen molar-refractivity contribution in [3.63, 3.8) is 0 Å². The molecule has 8 heteroatoms. The zero-order valence-corrected chi connectivity index (χ0v) is 13.8. The van der Waals surface area contributed by atoms with Crippen LogP contribution in [0.4, 0.5) is 24.5 Å². The van der Waals surface area contributed by atoms with Crippen LogP contribution in [0, 0.1) is 6.92 Å². The van der Waals surface area contributed by atoms with Gasteiger partial charge in [-0.3, -0.25) is 9.59 Å². The van der Waals surface area contributed by atoms with Crippen LogP contribution in [-0.2, 0) is 15.8 Å². The Morgan fingerprint density at radius 2 is 1.60 bits per heavy atom. The summed E-state index contributed by atoms with van der Waals surface area (Å²) in [6, 6.07) is 9.85. The second kappa shape index (κ2) is 7.57. The van der Waals surface area contributed by atoms with Gasteiger partial charge >= 0.3 is 6.18 Å². The highest BCUT2D eigenvalue weighted by Gasteiger charge is 2.34. The molecule has 132 valence electrons. The van der Waals surface area contributed by atoms with Crippen LogP contribution in [0.1, 0.15) is 17.5 Å². The Kier molecular flexibility index (Phi) is 5.69. The zero-order valence-electron chi connectivity index (χ0n) is 13.1. The molecule has 2 aromatic rings. The molecule has 2 rings (SSSR count). The summed E-state index contributed by atoms with van der Waals surface area (Å²) in [5.41, 5.74) is -0.0404. The van der Waals surface area contributed by atoms with Gasteiger partial charge in [0.2, 0.25) is 11.8 Å². The Labute approximate surface area is 147 Å². The van der Waals surface area contributed by atoms with Crippen molar-refractivity contribution < 1.29 is 22.8 Å². The minimum Gasteiger partial charge on any atom is -0.326 e. The van der Waals surface area contributed by atoms with Gasteiger partial charge in [-0.15, -0.1) is 0 Å². The standard InChI is InChI=1S/C17H14ClF3N2O2/c1-10-2-5-12(6-3-10)22-15(24)9-16(25)23-14-7-4-11(18)8-13(14)17(19,20)21/h2-8H,9H2,1H3,(H,22,24)(H,23,25). The van der Waals surface area contributed by atoms with Gasteiger partial charge in [-0.25, -0.2) is 0 Å². The monoisotopic (exact) mass is 370 g/mol. The number of hydrogen-bond donors (Lipinski definition) is 2. The first-order chi connectivity index (χ1) is 11.6. The summed E-state index contributed by atoms with van der Waals surface area (Å²) in [4.78, 5) is 23.7. The zero-order chi connectivity index (χ0) is 18.6. The van der Waals surface area contributed by atoms with Crippen molar-refractivity contribution >= 4 is 34.8 Å². The molecule has 0 atom stereocenters. The topological polar surface area (TPSA) is 58.2 Å². The molecule has 0 aliphatic heterocycles. The summed E-state index contributed by atoms with van der Waals surface area (Å²) in [5, 5.41) is 4.48. The van der Waals surface area contributed by atoms with Crippen molar-refractivity contribution in [2.45, 2.75) is 19.5 Å². The Hall–Kier alpha value is -2.54. The summed E-state index contributed by atoms with van der Waals surface area (Å²) in [6.45, 7) is 1.88. The molecule has 0 aliphatic carbocycles. The number of aryl methyl sites for hydroxylation is 1. The smallest absolute Gasteiger partial charge is 0.326 e. The van der Waals surface area contributed by atoms with Gasteiger partial charge < -0.3 is 10.6 Å². The highest BCUT2D eigenvalue weighted by Crippen LogP contribution is 2.36. The maximum absolute atomic E-state index is 13.0. The fourth-order valence-electron chi connectivity index (χ4n) is 2.04. The Bertz CT molecular complexity index is 789. The Morgan fingerprint density at radius 1 is 1.00 bits per heavy atom. The molecule has 0 saturated carbocycles. The molecule has 0 heterocycles. The predicted octanol–water partition coefficient (Wildman–Crippen LogP) is 4.63. The summed E-state index contributed by atoms with van der Waals surface area (Å²) in [6.07, 6.45) is -5.30. The van der Waals surface area contributed by atoms with Gasteiger partial charge in [0.15, 0.2) is 0 Å². The molecular formula is C17H14ClF3N2O2. The molecule has 0 fully saturated rings. The minimum atomic E-state index is -4.68. The van der Waals surface area contributed by atoms with Gasteiger partial charge in [-0.1, -0.05) is 29.3 Å². The first-order valence-electron chi connectivity index (χ1n) is 7.18. The molecule has 2 aromatic carbocycles. The van der Waals surface area contributed by atoms with Crippen LogP contribution in [0.5, 0.6) is 0 Å². The fraction of sp³-hybridized carbons (Fsp3) is 0.176. The van der Waals surface area contributed by atoms with Crippen LogP contribution < -0.4 is 10.6 Å². The molecule has 25 heavy (non-hydrogen) atoms. The molecule has 4 nitrogen and oxygen atoms in total. The number of nitrogens with one attached hydrogen (secondary N) is 2. The van der Waals surface area contributed by atoms with Gasteiger partial charge in [0.25, 0.3) is 0 Å². The quantitative estimate of drug-likeness (QED) is 0.771. The molecule has 0 unspecified atom stereocenters. The number of benzene rings is 2. The third-order valence-electron chi connectivity index (χ3n) is 3.22. The molecule has 0 spiro atoms. The van der Waals surface area contributed by atoms with Crippen molar-refractivity contribution in [2.24, 2.45) is 0 Å². The SMILES string of the molecule is Cc1ccc(NC(=O)CC(=O)Nc2ccc(Cl)cc2C(F)(F)F)cc1. The van der Waals surface area contributed by atoms with E-state index in [1.165, 1.54) is 6.07 Å². The second-order valence-corrected chi connectivity index (χ2v) is 5.76. The van der Waals surface area contributed by atoms with Gasteiger partial charge in [-0.05, 0) is 37.3 Å². The Balaban J connectivity index is 2.03. The van der Waals surface area contributed by atoms with Gasteiger partial charge in [0.05, 0.1) is 11.3 Å². The lowest BCUT2D eigenvalue weighted by molar-refractivity contribution is -0.137. The number of anilines is 2. The van der Waals surface area contributed by atoms with Gasteiger partial charge in [-0.2, -0.15) is 13.2 Å². The molecule has 0 bridgehead atoms. The molecule has 0 aromatic heterocycles. The molecule has 2 amide bonds. The van der Waals surface area contributed by atoms with Crippen LogP contribution in [0.15, 0.2) is 42.5 Å². The predicted molar refractivity (Wildman–Crippen MR) is 89.5 cm³/mol. The van der Waals surface area contributed by atoms with E-state index in [9.17, 15) is 22.8 Å². The molecule has 0 saturated heterocycles. The van der Waals surface area contributed by atoms with E-state index in [0.29, 0.717) is 11.8 Å². The van der Waals surface area contributed by atoms with Gasteiger partial charge in [0, 0.05) is 10.7 Å². The minimum absolute atomic E-state index is 0.109. The number of hydrogen-bond acceptors (Lipinski definition) is 2. The molecule has 0 radical (unpaired) electrons. The van der Waals surface area contributed by atoms with Crippen LogP contribution in [-0.4, -0.2) is 11.8 Å². The summed E-state index contributed by atoms with van der Waals surface area (Å²) >= 11 is 5.57. The van der Waals surface area contributed by atoms with Crippen molar-refractivity contribution in [1.82, 2.24) is 0 Å². The van der Waals surface area contributed by atoms with E-state index in [0.717, 1.165) is 11.6 Å². The van der Waals surface area contributed by atoms with E-state index in [-0.39, 0.29) is 5.02 Å². The van der Waals surface area contributed by atoms with E-state index in [1.54, 1.807) is 24.3 Å². The van der Waals surface area contributed by atoms with Crippen LogP contribution in [0.2, 0.25) is 5.02 Å². The lowest BCUT2D eigenvalue weighted by Crippen LogP contribution is -2.22. The van der Waals surface area contributed by atoms with E-state index in [1.807, 2.05) is 6.92 Å². The number of carbonyl (C=O) groups excluding carboxylic acids is 2. The summed E-state index contributed by atoms with van der Waals surface area (Å²) in [7, 11) is 0. The first kappa shape index (κ1) is 18.8. The molecule has 0 aliphatic rings. The van der Waals surface area contributed by atoms with Crippen molar-refractivity contribution in [3.8, 4) is 0 Å². The van der Waals surface area contributed by atoms with Gasteiger partial charge in [0.1, 0.15) is 6.42 Å². The van der Waals surface area contributed by atoms with Crippen LogP contribution in [0.3, 0.4) is 0 Å². The normalized spacial score (nSPS) is 11.1. The third kappa shape index (κ3) is 5.49. The van der Waals surface area contributed by atoms with Crippen molar-refractivity contribution in [1.29, 1.82) is 0 Å². The fourth-order valence-corrected chi connectivity index (χ4v) is 2.21. The largest absolute Gasteiger partial charge is 0.418 e. The maximum Gasteiger partial charge on any atom is 0.418 e. The van der Waals surface area contributed by atoms with Crippen LogP contribution in [0.25, 0.3) is 0 Å². The summed E-state index contributed by atoms with van der Waals surface area (Å²) < 4.78 is 38.9. The van der Waals surface area contributed by atoms with E-state index in [2.05, 4.69) is 10.6 Å². The molecule has 2 N–H and O–H groups in total. The number of rotatable bonds is 4. The number of carbonyl (C=O) groups is 2. The Morgan fingerprint density at radius 3 is 2.20 bits per heavy atom. The average molecular weight is 371 g/mol. The highest BCUT2D eigenvalue weighted by atomic mass is 35.5. The maximum atomic E-state index is 13.0. The average Bonchev–Trinajstić information content (AvgIpc) is 2.50. The van der Waals surface area contributed by atoms with Crippen LogP contribution >= 0.6 is 11.6 Å². The summed E-state index contributed by atoms with van der Waals surface area (Å²) in [5.74, 6) is -1.50. The van der Waals surface area contributed by atoms with E-state index >= 15 is 0 Å². The third-order valence-corrected chi connectivity index (χ3v) is 3.45. The van der Waals surface area contributed by atoms with Crippen molar-refractivity contribution in [2.75, 3.05) is 10.6 Å². The number of halogens is 4. The lowest BCUT2D eigenvalue weighted by Gasteiger charge is -2.14. The number of amides is 2. The highest BCUT2D eigenvalue weighted by molar-refractivity contribution is 6.30. The molecular weight excluding hydrogens is 357 g/mol. The van der Waals surface area contributed by atoms with Crippen molar-refractivity contribution in [3.05, 3.63) is 58.6 Å². The van der Waals surface area contributed by atoms with E-state index in [4.69, 9.17) is 11.6 Å².